The topological polar surface area (TPSA) is 42.7 Å². The van der Waals surface area contributed by atoms with Crippen molar-refractivity contribution in [1.82, 2.24) is 20.1 Å². The maximum absolute atomic E-state index is 4.53. The van der Waals surface area contributed by atoms with E-state index >= 15 is 0 Å². The van der Waals surface area contributed by atoms with Crippen molar-refractivity contribution in [2.75, 3.05) is 13.1 Å². The molecule has 1 N–H and O–H groups in total. The second-order valence-corrected chi connectivity index (χ2v) is 6.40. The van der Waals surface area contributed by atoms with Gasteiger partial charge in [0.15, 0.2) is 0 Å². The van der Waals surface area contributed by atoms with Crippen LogP contribution < -0.4 is 5.32 Å². The highest BCUT2D eigenvalue weighted by atomic mass is 15.3. The van der Waals surface area contributed by atoms with E-state index in [1.165, 1.54) is 5.56 Å². The maximum Gasteiger partial charge on any atom is 0.143 e. The molecule has 112 valence electrons. The Hall–Kier alpha value is -1.68. The summed E-state index contributed by atoms with van der Waals surface area (Å²) in [6.45, 7) is 7.51. The monoisotopic (exact) mass is 284 g/mol. The molecule has 0 atom stereocenters. The van der Waals surface area contributed by atoms with Crippen molar-refractivity contribution in [1.29, 1.82) is 0 Å². The Balaban J connectivity index is 2.06. The molecule has 0 bridgehead atoms. The van der Waals surface area contributed by atoms with Crippen LogP contribution in [-0.4, -0.2) is 27.9 Å². The summed E-state index contributed by atoms with van der Waals surface area (Å²) in [5, 5.41) is 12.2. The molecular weight excluding hydrogens is 260 g/mol. The first-order valence-corrected chi connectivity index (χ1v) is 7.87. The van der Waals surface area contributed by atoms with Gasteiger partial charge >= 0.3 is 0 Å². The van der Waals surface area contributed by atoms with Crippen LogP contribution in [0.25, 0.3) is 0 Å². The van der Waals surface area contributed by atoms with Gasteiger partial charge in [-0.1, -0.05) is 44.2 Å². The zero-order chi connectivity index (χ0) is 14.7. The molecular formula is C17H24N4. The van der Waals surface area contributed by atoms with E-state index in [0.717, 1.165) is 38.3 Å². The summed E-state index contributed by atoms with van der Waals surface area (Å²) in [6, 6.07) is 10.8. The normalized spacial score (nSPS) is 18.0. The number of aromatic nitrogens is 3. The molecule has 0 unspecified atom stereocenters. The Kier molecular flexibility index (Phi) is 4.06. The molecule has 1 aromatic carbocycles. The van der Waals surface area contributed by atoms with Gasteiger partial charge in [-0.3, -0.25) is 0 Å². The van der Waals surface area contributed by atoms with Crippen molar-refractivity contribution >= 4 is 0 Å². The third-order valence-corrected chi connectivity index (χ3v) is 4.39. The summed E-state index contributed by atoms with van der Waals surface area (Å²) < 4.78 is 2.25. The van der Waals surface area contributed by atoms with Gasteiger partial charge < -0.3 is 9.88 Å². The van der Waals surface area contributed by atoms with Gasteiger partial charge in [-0.15, -0.1) is 10.2 Å². The molecule has 1 aromatic heterocycles. The van der Waals surface area contributed by atoms with E-state index in [0.29, 0.717) is 5.92 Å². The molecule has 4 nitrogen and oxygen atoms in total. The number of benzene rings is 1. The van der Waals surface area contributed by atoms with E-state index in [-0.39, 0.29) is 5.41 Å². The molecule has 3 rings (SSSR count). The molecule has 0 saturated carbocycles. The predicted octanol–water partition coefficient (Wildman–Crippen LogP) is 2.60. The lowest BCUT2D eigenvalue weighted by molar-refractivity contribution is 0.327. The van der Waals surface area contributed by atoms with Gasteiger partial charge in [0.05, 0.1) is 5.41 Å². The first-order valence-electron chi connectivity index (χ1n) is 7.87. The van der Waals surface area contributed by atoms with E-state index < -0.39 is 0 Å². The minimum atomic E-state index is -0.00208. The minimum Gasteiger partial charge on any atom is -0.317 e. The number of nitrogens with zero attached hydrogens (tertiary/aromatic N) is 3. The molecule has 21 heavy (non-hydrogen) atoms. The highest BCUT2D eigenvalue weighted by Crippen LogP contribution is 2.39. The van der Waals surface area contributed by atoms with Gasteiger partial charge in [0.25, 0.3) is 0 Å². The van der Waals surface area contributed by atoms with Crippen LogP contribution >= 0.6 is 0 Å². The minimum absolute atomic E-state index is 0.00208. The van der Waals surface area contributed by atoms with Gasteiger partial charge in [-0.05, 0) is 37.4 Å². The summed E-state index contributed by atoms with van der Waals surface area (Å²) in [6.07, 6.45) is 4.05. The number of hydrogen-bond donors (Lipinski definition) is 1. The molecule has 0 radical (unpaired) electrons. The standard InChI is InChI=1S/C17H24N4/c1-14(2)12-21-13-19-20-16(21)17(8-10-18-11-9-17)15-6-4-3-5-7-15/h3-7,13-14,18H,8-12H2,1-2H3. The van der Waals surface area contributed by atoms with Crippen LogP contribution in [0.5, 0.6) is 0 Å². The molecule has 1 aliphatic heterocycles. The number of rotatable bonds is 4. The van der Waals surface area contributed by atoms with Gasteiger partial charge in [-0.2, -0.15) is 0 Å². The summed E-state index contributed by atoms with van der Waals surface area (Å²) in [5.74, 6) is 1.72. The Morgan fingerprint density at radius 1 is 1.19 bits per heavy atom. The summed E-state index contributed by atoms with van der Waals surface area (Å²) >= 11 is 0. The van der Waals surface area contributed by atoms with Crippen LogP contribution in [0, 0.1) is 5.92 Å². The fourth-order valence-corrected chi connectivity index (χ4v) is 3.40. The zero-order valence-electron chi connectivity index (χ0n) is 12.9. The van der Waals surface area contributed by atoms with Crippen molar-refractivity contribution < 1.29 is 0 Å². The average molecular weight is 284 g/mol. The first-order chi connectivity index (χ1) is 10.2. The first kappa shape index (κ1) is 14.3. The van der Waals surface area contributed by atoms with Crippen molar-refractivity contribution in [3.8, 4) is 0 Å². The second kappa shape index (κ2) is 5.98. The van der Waals surface area contributed by atoms with Crippen LogP contribution in [0.3, 0.4) is 0 Å². The van der Waals surface area contributed by atoms with E-state index in [4.69, 9.17) is 0 Å². The van der Waals surface area contributed by atoms with E-state index in [2.05, 4.69) is 64.3 Å². The van der Waals surface area contributed by atoms with Gasteiger partial charge in [0, 0.05) is 6.54 Å². The smallest absolute Gasteiger partial charge is 0.143 e. The van der Waals surface area contributed by atoms with Crippen LogP contribution in [-0.2, 0) is 12.0 Å². The number of hydrogen-bond acceptors (Lipinski definition) is 3. The lowest BCUT2D eigenvalue weighted by atomic mass is 9.72. The highest BCUT2D eigenvalue weighted by Gasteiger charge is 2.39. The fraction of sp³-hybridized carbons (Fsp3) is 0.529. The summed E-state index contributed by atoms with van der Waals surface area (Å²) in [7, 11) is 0. The molecule has 1 fully saturated rings. The largest absolute Gasteiger partial charge is 0.317 e. The Morgan fingerprint density at radius 2 is 1.90 bits per heavy atom. The summed E-state index contributed by atoms with van der Waals surface area (Å²) in [5.41, 5.74) is 1.36. The molecule has 1 aliphatic rings. The molecule has 2 heterocycles. The molecule has 0 aliphatic carbocycles. The summed E-state index contributed by atoms with van der Waals surface area (Å²) in [4.78, 5) is 0. The third-order valence-electron chi connectivity index (χ3n) is 4.39. The predicted molar refractivity (Wildman–Crippen MR) is 84.2 cm³/mol. The zero-order valence-corrected chi connectivity index (χ0v) is 12.9. The van der Waals surface area contributed by atoms with E-state index in [1.807, 2.05) is 6.33 Å². The average Bonchev–Trinajstić information content (AvgIpc) is 2.97. The lowest BCUT2D eigenvalue weighted by Gasteiger charge is -2.37. The van der Waals surface area contributed by atoms with Crippen molar-refractivity contribution in [2.24, 2.45) is 5.92 Å². The van der Waals surface area contributed by atoms with Crippen LogP contribution in [0.2, 0.25) is 0 Å². The quantitative estimate of drug-likeness (QED) is 0.938. The molecule has 0 amide bonds. The van der Waals surface area contributed by atoms with E-state index in [1.54, 1.807) is 0 Å². The molecule has 4 heteroatoms. The maximum atomic E-state index is 4.53. The number of nitrogens with one attached hydrogen (secondary N) is 1. The van der Waals surface area contributed by atoms with Crippen LogP contribution in [0.15, 0.2) is 36.7 Å². The number of piperidine rings is 1. The third kappa shape index (κ3) is 2.72. The van der Waals surface area contributed by atoms with Crippen LogP contribution in [0.1, 0.15) is 38.1 Å². The molecule has 0 spiro atoms. The second-order valence-electron chi connectivity index (χ2n) is 6.40. The molecule has 2 aromatic rings. The van der Waals surface area contributed by atoms with Gasteiger partial charge in [0.2, 0.25) is 0 Å². The fourth-order valence-electron chi connectivity index (χ4n) is 3.40. The SMILES string of the molecule is CC(C)Cn1cnnc1C1(c2ccccc2)CCNCC1. The van der Waals surface area contributed by atoms with E-state index in [9.17, 15) is 0 Å². The van der Waals surface area contributed by atoms with Gasteiger partial charge in [-0.25, -0.2) is 0 Å². The van der Waals surface area contributed by atoms with Crippen molar-refractivity contribution in [2.45, 2.75) is 38.6 Å². The lowest BCUT2D eigenvalue weighted by Crippen LogP contribution is -2.42. The highest BCUT2D eigenvalue weighted by molar-refractivity contribution is 5.34. The Labute approximate surface area is 126 Å². The van der Waals surface area contributed by atoms with Crippen molar-refractivity contribution in [3.63, 3.8) is 0 Å². The van der Waals surface area contributed by atoms with Gasteiger partial charge in [0.1, 0.15) is 12.2 Å². The van der Waals surface area contributed by atoms with Crippen LogP contribution in [0.4, 0.5) is 0 Å². The molecule has 1 saturated heterocycles. The Bertz CT molecular complexity index is 567. The van der Waals surface area contributed by atoms with Crippen molar-refractivity contribution in [3.05, 3.63) is 48.0 Å². The Morgan fingerprint density at radius 3 is 2.57 bits per heavy atom.